The normalized spacial score (nSPS) is 24.4. The molecule has 2 rings (SSSR count). The third-order valence-electron chi connectivity index (χ3n) is 5.47. The number of carbonyl (C=O) groups is 1. The summed E-state index contributed by atoms with van der Waals surface area (Å²) in [5, 5.41) is 3.35. The van der Waals surface area contributed by atoms with Crippen molar-refractivity contribution in [2.45, 2.75) is 46.0 Å². The minimum Gasteiger partial charge on any atom is -0.340 e. The first-order valence-corrected chi connectivity index (χ1v) is 8.40. The van der Waals surface area contributed by atoms with Crippen molar-refractivity contribution in [3.8, 4) is 0 Å². The third-order valence-corrected chi connectivity index (χ3v) is 5.47. The molecule has 0 spiro atoms. The summed E-state index contributed by atoms with van der Waals surface area (Å²) in [5.41, 5.74) is 0.548. The minimum atomic E-state index is 0.328. The van der Waals surface area contributed by atoms with Crippen molar-refractivity contribution in [1.29, 1.82) is 0 Å². The Hall–Kier alpha value is -0.610. The van der Waals surface area contributed by atoms with E-state index < -0.39 is 0 Å². The summed E-state index contributed by atoms with van der Waals surface area (Å²) < 4.78 is 0. The highest BCUT2D eigenvalue weighted by Crippen LogP contribution is 2.37. The summed E-state index contributed by atoms with van der Waals surface area (Å²) in [6.07, 6.45) is 6.16. The SMILES string of the molecule is CCC1(CC)CCN(CC(=O)N2CCCNCC2)CC1. The number of hydrogen-bond acceptors (Lipinski definition) is 3. The number of rotatable bonds is 4. The molecule has 1 N–H and O–H groups in total. The molecule has 0 aromatic carbocycles. The van der Waals surface area contributed by atoms with Crippen molar-refractivity contribution in [3.05, 3.63) is 0 Å². The number of piperidine rings is 1. The highest BCUT2D eigenvalue weighted by Gasteiger charge is 2.32. The number of carbonyl (C=O) groups excluding carboxylic acids is 1. The molecular formula is C16H31N3O. The fourth-order valence-corrected chi connectivity index (χ4v) is 3.53. The van der Waals surface area contributed by atoms with Gasteiger partial charge >= 0.3 is 0 Å². The molecular weight excluding hydrogens is 250 g/mol. The molecule has 2 saturated heterocycles. The maximum absolute atomic E-state index is 12.4. The molecule has 2 aliphatic rings. The van der Waals surface area contributed by atoms with Crippen LogP contribution in [-0.2, 0) is 4.79 Å². The Labute approximate surface area is 123 Å². The zero-order valence-corrected chi connectivity index (χ0v) is 13.3. The van der Waals surface area contributed by atoms with Crippen molar-refractivity contribution >= 4 is 5.91 Å². The molecule has 2 heterocycles. The van der Waals surface area contributed by atoms with Crippen LogP contribution in [0.4, 0.5) is 0 Å². The lowest BCUT2D eigenvalue weighted by Crippen LogP contribution is -2.46. The number of nitrogens with zero attached hydrogens (tertiary/aromatic N) is 2. The number of hydrogen-bond donors (Lipinski definition) is 1. The van der Waals surface area contributed by atoms with Crippen LogP contribution in [0.1, 0.15) is 46.0 Å². The van der Waals surface area contributed by atoms with Gasteiger partial charge in [-0.3, -0.25) is 9.69 Å². The Bertz CT molecular complexity index is 297. The van der Waals surface area contributed by atoms with E-state index in [-0.39, 0.29) is 0 Å². The second-order valence-corrected chi connectivity index (χ2v) is 6.47. The van der Waals surface area contributed by atoms with Crippen LogP contribution in [-0.4, -0.2) is 61.5 Å². The Morgan fingerprint density at radius 2 is 1.75 bits per heavy atom. The summed E-state index contributed by atoms with van der Waals surface area (Å²) in [4.78, 5) is 16.8. The molecule has 0 radical (unpaired) electrons. The Morgan fingerprint density at radius 3 is 2.40 bits per heavy atom. The highest BCUT2D eigenvalue weighted by molar-refractivity contribution is 5.78. The zero-order valence-electron chi connectivity index (χ0n) is 13.3. The standard InChI is InChI=1S/C16H31N3O/c1-3-16(4-2)6-11-18(12-7-16)14-15(20)19-10-5-8-17-9-13-19/h17H,3-14H2,1-2H3. The summed E-state index contributed by atoms with van der Waals surface area (Å²) in [5.74, 6) is 0.328. The number of likely N-dealkylation sites (tertiary alicyclic amines) is 1. The van der Waals surface area contributed by atoms with E-state index in [1.54, 1.807) is 0 Å². The van der Waals surface area contributed by atoms with Crippen LogP contribution >= 0.6 is 0 Å². The van der Waals surface area contributed by atoms with Gasteiger partial charge < -0.3 is 10.2 Å². The van der Waals surface area contributed by atoms with Gasteiger partial charge in [0, 0.05) is 19.6 Å². The van der Waals surface area contributed by atoms with Crippen LogP contribution in [0.25, 0.3) is 0 Å². The molecule has 0 aliphatic carbocycles. The second kappa shape index (κ2) is 7.41. The fraction of sp³-hybridized carbons (Fsp3) is 0.938. The Kier molecular flexibility index (Phi) is 5.85. The van der Waals surface area contributed by atoms with Gasteiger partial charge in [-0.1, -0.05) is 26.7 Å². The molecule has 1 amide bonds. The van der Waals surface area contributed by atoms with E-state index in [4.69, 9.17) is 0 Å². The van der Waals surface area contributed by atoms with Crippen LogP contribution in [0.15, 0.2) is 0 Å². The van der Waals surface area contributed by atoms with Crippen LogP contribution in [0.5, 0.6) is 0 Å². The summed E-state index contributed by atoms with van der Waals surface area (Å²) >= 11 is 0. The zero-order chi connectivity index (χ0) is 14.4. The predicted molar refractivity (Wildman–Crippen MR) is 82.8 cm³/mol. The molecule has 20 heavy (non-hydrogen) atoms. The lowest BCUT2D eigenvalue weighted by molar-refractivity contribution is -0.132. The average molecular weight is 281 g/mol. The molecule has 0 atom stereocenters. The summed E-state index contributed by atoms with van der Waals surface area (Å²) in [6, 6.07) is 0. The fourth-order valence-electron chi connectivity index (χ4n) is 3.53. The van der Waals surface area contributed by atoms with Gasteiger partial charge in [-0.05, 0) is 44.3 Å². The molecule has 0 bridgehead atoms. The van der Waals surface area contributed by atoms with E-state index in [1.807, 2.05) is 4.90 Å². The highest BCUT2D eigenvalue weighted by atomic mass is 16.2. The second-order valence-electron chi connectivity index (χ2n) is 6.47. The molecule has 2 fully saturated rings. The number of amides is 1. The predicted octanol–water partition coefficient (Wildman–Crippen LogP) is 1.71. The Balaban J connectivity index is 1.78. The van der Waals surface area contributed by atoms with Gasteiger partial charge in [0.1, 0.15) is 0 Å². The largest absolute Gasteiger partial charge is 0.340 e. The summed E-state index contributed by atoms with van der Waals surface area (Å²) in [7, 11) is 0. The summed E-state index contributed by atoms with van der Waals surface area (Å²) in [6.45, 7) is 11.2. The van der Waals surface area contributed by atoms with E-state index in [0.29, 0.717) is 17.9 Å². The van der Waals surface area contributed by atoms with Gasteiger partial charge in [-0.15, -0.1) is 0 Å². The van der Waals surface area contributed by atoms with Crippen LogP contribution in [0, 0.1) is 5.41 Å². The molecule has 0 saturated carbocycles. The molecule has 116 valence electrons. The van der Waals surface area contributed by atoms with Crippen LogP contribution in [0.2, 0.25) is 0 Å². The molecule has 0 unspecified atom stereocenters. The van der Waals surface area contributed by atoms with E-state index in [1.165, 1.54) is 25.7 Å². The Morgan fingerprint density at radius 1 is 1.05 bits per heavy atom. The quantitative estimate of drug-likeness (QED) is 0.852. The first-order valence-electron chi connectivity index (χ1n) is 8.40. The van der Waals surface area contributed by atoms with Gasteiger partial charge in [0.15, 0.2) is 0 Å². The third kappa shape index (κ3) is 3.95. The van der Waals surface area contributed by atoms with Gasteiger partial charge in [-0.25, -0.2) is 0 Å². The first-order chi connectivity index (χ1) is 9.69. The lowest BCUT2D eigenvalue weighted by Gasteiger charge is -2.41. The van der Waals surface area contributed by atoms with Gasteiger partial charge in [0.25, 0.3) is 0 Å². The molecule has 0 aromatic heterocycles. The van der Waals surface area contributed by atoms with Crippen molar-refractivity contribution in [1.82, 2.24) is 15.1 Å². The monoisotopic (exact) mass is 281 g/mol. The molecule has 0 aromatic rings. The van der Waals surface area contributed by atoms with Gasteiger partial charge in [-0.2, -0.15) is 0 Å². The van der Waals surface area contributed by atoms with Gasteiger partial charge in [0.05, 0.1) is 6.54 Å². The molecule has 2 aliphatic heterocycles. The first kappa shape index (κ1) is 15.8. The maximum Gasteiger partial charge on any atom is 0.236 e. The minimum absolute atomic E-state index is 0.328. The lowest BCUT2D eigenvalue weighted by atomic mass is 9.74. The average Bonchev–Trinajstić information content (AvgIpc) is 2.77. The van der Waals surface area contributed by atoms with Gasteiger partial charge in [0.2, 0.25) is 5.91 Å². The smallest absolute Gasteiger partial charge is 0.236 e. The van der Waals surface area contributed by atoms with E-state index >= 15 is 0 Å². The molecule has 4 nitrogen and oxygen atoms in total. The molecule has 4 heteroatoms. The van der Waals surface area contributed by atoms with Crippen LogP contribution < -0.4 is 5.32 Å². The van der Waals surface area contributed by atoms with E-state index in [0.717, 1.165) is 45.7 Å². The van der Waals surface area contributed by atoms with Crippen LogP contribution in [0.3, 0.4) is 0 Å². The van der Waals surface area contributed by atoms with E-state index in [2.05, 4.69) is 24.1 Å². The van der Waals surface area contributed by atoms with E-state index in [9.17, 15) is 4.79 Å². The van der Waals surface area contributed by atoms with Crippen molar-refractivity contribution in [3.63, 3.8) is 0 Å². The van der Waals surface area contributed by atoms with Crippen molar-refractivity contribution in [2.75, 3.05) is 45.8 Å². The topological polar surface area (TPSA) is 35.6 Å². The van der Waals surface area contributed by atoms with Crippen molar-refractivity contribution in [2.24, 2.45) is 5.41 Å². The van der Waals surface area contributed by atoms with Crippen molar-refractivity contribution < 1.29 is 4.79 Å². The maximum atomic E-state index is 12.4. The number of nitrogens with one attached hydrogen (secondary N) is 1.